The molecule has 3 rings (SSSR count). The second-order valence-corrected chi connectivity index (χ2v) is 7.27. The predicted molar refractivity (Wildman–Crippen MR) is 105 cm³/mol. The Balaban J connectivity index is 1.85. The van der Waals surface area contributed by atoms with Gasteiger partial charge in [0.15, 0.2) is 0 Å². The lowest BCUT2D eigenvalue weighted by Crippen LogP contribution is -2.41. The van der Waals surface area contributed by atoms with Gasteiger partial charge in [-0.05, 0) is 38.0 Å². The van der Waals surface area contributed by atoms with Crippen LogP contribution in [-0.4, -0.2) is 37.4 Å². The van der Waals surface area contributed by atoms with Crippen LogP contribution in [0.2, 0.25) is 0 Å². The lowest BCUT2D eigenvalue weighted by molar-refractivity contribution is -0.159. The molecule has 0 bridgehead atoms. The zero-order valence-corrected chi connectivity index (χ0v) is 16.2. The number of ether oxygens (including phenoxy) is 3. The Bertz CT molecular complexity index is 774. The number of carbonyl (C=O) groups excluding carboxylic acids is 2. The van der Waals surface area contributed by atoms with Crippen LogP contribution >= 0.6 is 0 Å². The SMILES string of the molecule is C[C@@H]1OC(=O)[C@@H](C)COC[C@H](Cc2ccccc2)[C@H]1OC(=O)c1ccccc1. The summed E-state index contributed by atoms with van der Waals surface area (Å²) in [7, 11) is 0. The van der Waals surface area contributed by atoms with E-state index in [0.29, 0.717) is 18.6 Å². The second-order valence-electron chi connectivity index (χ2n) is 7.27. The molecule has 1 aliphatic heterocycles. The van der Waals surface area contributed by atoms with Crippen molar-refractivity contribution in [3.8, 4) is 0 Å². The van der Waals surface area contributed by atoms with Gasteiger partial charge in [-0.1, -0.05) is 48.5 Å². The van der Waals surface area contributed by atoms with Crippen LogP contribution in [0.5, 0.6) is 0 Å². The fraction of sp³-hybridized carbons (Fsp3) is 0.391. The van der Waals surface area contributed by atoms with Crippen LogP contribution in [0.3, 0.4) is 0 Å². The van der Waals surface area contributed by atoms with E-state index < -0.39 is 18.2 Å². The first kappa shape index (κ1) is 20.1. The number of cyclic esters (lactones) is 1. The first-order valence-electron chi connectivity index (χ1n) is 9.62. The number of carbonyl (C=O) groups is 2. The normalized spacial score (nSPS) is 25.7. The summed E-state index contributed by atoms with van der Waals surface area (Å²) < 4.78 is 17.3. The van der Waals surface area contributed by atoms with Crippen molar-refractivity contribution >= 4 is 11.9 Å². The molecule has 0 aliphatic carbocycles. The Morgan fingerprint density at radius 1 is 1.00 bits per heavy atom. The van der Waals surface area contributed by atoms with E-state index in [2.05, 4.69) is 0 Å². The summed E-state index contributed by atoms with van der Waals surface area (Å²) in [6.07, 6.45) is -0.524. The summed E-state index contributed by atoms with van der Waals surface area (Å²) in [6.45, 7) is 4.22. The van der Waals surface area contributed by atoms with E-state index in [1.165, 1.54) is 0 Å². The molecule has 2 aromatic carbocycles. The average molecular weight is 382 g/mol. The smallest absolute Gasteiger partial charge is 0.338 e. The third-order valence-corrected chi connectivity index (χ3v) is 4.92. The van der Waals surface area contributed by atoms with Crippen LogP contribution in [0.15, 0.2) is 60.7 Å². The lowest BCUT2D eigenvalue weighted by Gasteiger charge is -2.30. The maximum Gasteiger partial charge on any atom is 0.338 e. The number of benzene rings is 2. The van der Waals surface area contributed by atoms with E-state index in [1.54, 1.807) is 38.1 Å². The summed E-state index contributed by atoms with van der Waals surface area (Å²) >= 11 is 0. The van der Waals surface area contributed by atoms with Crippen LogP contribution in [-0.2, 0) is 25.4 Å². The predicted octanol–water partition coefficient (Wildman–Crippen LogP) is 3.67. The van der Waals surface area contributed by atoms with E-state index >= 15 is 0 Å². The standard InChI is InChI=1S/C23H26O5/c1-16-14-26-15-20(13-18-9-5-3-6-10-18)21(17(2)27-22(16)24)28-23(25)19-11-7-4-8-12-19/h3-12,16-17,20-21H,13-15H2,1-2H3/t16-,17-,20-,21-/m0/s1. The number of hydrogen-bond acceptors (Lipinski definition) is 5. The first-order valence-corrected chi connectivity index (χ1v) is 9.62. The molecule has 1 saturated heterocycles. The molecule has 0 radical (unpaired) electrons. The van der Waals surface area contributed by atoms with Crippen molar-refractivity contribution in [3.63, 3.8) is 0 Å². The number of esters is 2. The van der Waals surface area contributed by atoms with Gasteiger partial charge >= 0.3 is 11.9 Å². The highest BCUT2D eigenvalue weighted by Crippen LogP contribution is 2.24. The molecule has 1 heterocycles. The van der Waals surface area contributed by atoms with Crippen molar-refractivity contribution in [1.82, 2.24) is 0 Å². The van der Waals surface area contributed by atoms with Gasteiger partial charge in [-0.2, -0.15) is 0 Å². The molecular formula is C23H26O5. The topological polar surface area (TPSA) is 61.8 Å². The molecule has 0 spiro atoms. The largest absolute Gasteiger partial charge is 0.458 e. The molecule has 0 saturated carbocycles. The molecule has 5 nitrogen and oxygen atoms in total. The number of rotatable bonds is 4. The van der Waals surface area contributed by atoms with E-state index in [1.807, 2.05) is 36.4 Å². The van der Waals surface area contributed by atoms with E-state index in [4.69, 9.17) is 14.2 Å². The summed E-state index contributed by atoms with van der Waals surface area (Å²) in [5, 5.41) is 0. The van der Waals surface area contributed by atoms with E-state index in [9.17, 15) is 9.59 Å². The second kappa shape index (κ2) is 9.51. The fourth-order valence-corrected chi connectivity index (χ4v) is 3.36. The van der Waals surface area contributed by atoms with Crippen LogP contribution in [0.4, 0.5) is 0 Å². The highest BCUT2D eigenvalue weighted by atomic mass is 16.6. The van der Waals surface area contributed by atoms with Gasteiger partial charge in [0.05, 0.1) is 24.7 Å². The van der Waals surface area contributed by atoms with Crippen molar-refractivity contribution in [3.05, 3.63) is 71.8 Å². The number of hydrogen-bond donors (Lipinski definition) is 0. The van der Waals surface area contributed by atoms with Gasteiger partial charge in [0.1, 0.15) is 12.2 Å². The molecule has 0 unspecified atom stereocenters. The molecule has 5 heteroatoms. The molecule has 28 heavy (non-hydrogen) atoms. The average Bonchev–Trinajstić information content (AvgIpc) is 2.75. The highest BCUT2D eigenvalue weighted by Gasteiger charge is 2.36. The lowest BCUT2D eigenvalue weighted by atomic mass is 9.91. The van der Waals surface area contributed by atoms with Crippen molar-refractivity contribution in [2.75, 3.05) is 13.2 Å². The summed E-state index contributed by atoms with van der Waals surface area (Å²) in [4.78, 5) is 24.9. The van der Waals surface area contributed by atoms with Gasteiger partial charge in [0, 0.05) is 5.92 Å². The molecule has 148 valence electrons. The molecule has 4 atom stereocenters. The first-order chi connectivity index (χ1) is 13.5. The molecule has 2 aromatic rings. The Morgan fingerprint density at radius 3 is 2.32 bits per heavy atom. The van der Waals surface area contributed by atoms with E-state index in [0.717, 1.165) is 5.56 Å². The Hall–Kier alpha value is -2.66. The molecule has 0 amide bonds. The van der Waals surface area contributed by atoms with E-state index in [-0.39, 0.29) is 24.4 Å². The molecule has 1 fully saturated rings. The summed E-state index contributed by atoms with van der Waals surface area (Å²) in [6, 6.07) is 18.8. The Kier molecular flexibility index (Phi) is 6.82. The minimum atomic E-state index is -0.609. The monoisotopic (exact) mass is 382 g/mol. The van der Waals surface area contributed by atoms with Crippen molar-refractivity contribution in [1.29, 1.82) is 0 Å². The van der Waals surface area contributed by atoms with Gasteiger partial charge < -0.3 is 14.2 Å². The van der Waals surface area contributed by atoms with Crippen molar-refractivity contribution in [2.45, 2.75) is 32.5 Å². The highest BCUT2D eigenvalue weighted by molar-refractivity contribution is 5.89. The third kappa shape index (κ3) is 5.20. The minimum Gasteiger partial charge on any atom is -0.458 e. The van der Waals surface area contributed by atoms with Crippen LogP contribution < -0.4 is 0 Å². The summed E-state index contributed by atoms with van der Waals surface area (Å²) in [5.41, 5.74) is 1.58. The third-order valence-electron chi connectivity index (χ3n) is 4.92. The van der Waals surface area contributed by atoms with Crippen molar-refractivity contribution in [2.24, 2.45) is 11.8 Å². The molecule has 1 aliphatic rings. The summed E-state index contributed by atoms with van der Waals surface area (Å²) in [5.74, 6) is -1.26. The van der Waals surface area contributed by atoms with Gasteiger partial charge in [-0.3, -0.25) is 4.79 Å². The Labute approximate surface area is 165 Å². The van der Waals surface area contributed by atoms with Gasteiger partial charge in [-0.25, -0.2) is 4.79 Å². The Morgan fingerprint density at radius 2 is 1.64 bits per heavy atom. The quantitative estimate of drug-likeness (QED) is 0.755. The maximum atomic E-state index is 12.7. The zero-order chi connectivity index (χ0) is 19.9. The van der Waals surface area contributed by atoms with Crippen molar-refractivity contribution < 1.29 is 23.8 Å². The fourth-order valence-electron chi connectivity index (χ4n) is 3.36. The van der Waals surface area contributed by atoms with Gasteiger partial charge in [0.2, 0.25) is 0 Å². The molecule has 0 aromatic heterocycles. The minimum absolute atomic E-state index is 0.136. The van der Waals surface area contributed by atoms with Gasteiger partial charge in [0.25, 0.3) is 0 Å². The van der Waals surface area contributed by atoms with Crippen LogP contribution in [0.1, 0.15) is 29.8 Å². The molecular weight excluding hydrogens is 356 g/mol. The molecule has 0 N–H and O–H groups in total. The van der Waals surface area contributed by atoms with Crippen LogP contribution in [0, 0.1) is 11.8 Å². The maximum absolute atomic E-state index is 12.7. The zero-order valence-electron chi connectivity index (χ0n) is 16.2. The van der Waals surface area contributed by atoms with Crippen LogP contribution in [0.25, 0.3) is 0 Å². The van der Waals surface area contributed by atoms with Gasteiger partial charge in [-0.15, -0.1) is 0 Å².